The molecular formula is C24H24ClF3N6. The van der Waals surface area contributed by atoms with E-state index in [-0.39, 0.29) is 28.5 Å². The van der Waals surface area contributed by atoms with Crippen molar-refractivity contribution in [1.82, 2.24) is 20.2 Å². The van der Waals surface area contributed by atoms with Crippen LogP contribution in [0.15, 0.2) is 53.8 Å². The first-order valence-corrected chi connectivity index (χ1v) is 11.1. The minimum Gasteiger partial charge on any atom is -0.383 e. The van der Waals surface area contributed by atoms with E-state index in [1.54, 1.807) is 10.6 Å². The molecule has 1 atom stereocenters. The number of nitrogens with two attached hydrogens (primary N) is 1. The van der Waals surface area contributed by atoms with Gasteiger partial charge >= 0.3 is 0 Å². The molecule has 4 rings (SSSR count). The molecule has 1 fully saturated rings. The molecule has 4 N–H and O–H groups in total. The number of imidazole rings is 1. The van der Waals surface area contributed by atoms with E-state index in [2.05, 4.69) is 27.2 Å². The molecule has 2 aromatic carbocycles. The van der Waals surface area contributed by atoms with Crippen LogP contribution in [0.4, 0.5) is 19.0 Å². The summed E-state index contributed by atoms with van der Waals surface area (Å²) in [7, 11) is 0. The first kappa shape index (κ1) is 23.8. The number of hydrogen-bond donors (Lipinski definition) is 3. The number of nitrogens with zero attached hydrogens (tertiary/aromatic N) is 3. The normalized spacial score (nSPS) is 15.8. The average Bonchev–Trinajstić information content (AvgIpc) is 3.41. The summed E-state index contributed by atoms with van der Waals surface area (Å²) in [6.45, 7) is 6.13. The summed E-state index contributed by atoms with van der Waals surface area (Å²) >= 11 is 6.31. The average molecular weight is 489 g/mol. The lowest BCUT2D eigenvalue weighted by Gasteiger charge is -2.15. The summed E-state index contributed by atoms with van der Waals surface area (Å²) in [5.74, 6) is -0.637. The molecule has 2 heterocycles. The number of benzene rings is 2. The predicted octanol–water partition coefficient (Wildman–Crippen LogP) is 4.49. The number of hydrogen-bond acceptors (Lipinski definition) is 5. The Morgan fingerprint density at radius 2 is 2.12 bits per heavy atom. The molecule has 0 spiro atoms. The highest BCUT2D eigenvalue weighted by Crippen LogP contribution is 2.33. The van der Waals surface area contributed by atoms with Crippen LogP contribution in [-0.2, 0) is 13.1 Å². The second-order valence-electron chi connectivity index (χ2n) is 8.07. The minimum atomic E-state index is -0.667. The summed E-state index contributed by atoms with van der Waals surface area (Å²) in [6.07, 6.45) is 2.37. The summed E-state index contributed by atoms with van der Waals surface area (Å²) in [4.78, 5) is 8.75. The maximum atomic E-state index is 14.7. The van der Waals surface area contributed by atoms with Gasteiger partial charge in [-0.2, -0.15) is 0 Å². The van der Waals surface area contributed by atoms with Crippen LogP contribution in [-0.4, -0.2) is 28.9 Å². The van der Waals surface area contributed by atoms with Gasteiger partial charge in [-0.15, -0.1) is 0 Å². The molecule has 0 saturated carbocycles. The highest BCUT2D eigenvalue weighted by atomic mass is 35.5. The quantitative estimate of drug-likeness (QED) is 0.408. The fourth-order valence-electron chi connectivity index (χ4n) is 3.84. The topological polar surface area (TPSA) is 80.3 Å². The predicted molar refractivity (Wildman–Crippen MR) is 128 cm³/mol. The monoisotopic (exact) mass is 488 g/mol. The van der Waals surface area contributed by atoms with Crippen LogP contribution < -0.4 is 16.4 Å². The van der Waals surface area contributed by atoms with Crippen LogP contribution in [0.25, 0.3) is 11.4 Å². The Labute approximate surface area is 200 Å². The van der Waals surface area contributed by atoms with Crippen molar-refractivity contribution in [3.63, 3.8) is 0 Å². The molecule has 0 aliphatic carbocycles. The molecule has 1 saturated heterocycles. The molecule has 0 bridgehead atoms. The van der Waals surface area contributed by atoms with Crippen molar-refractivity contribution >= 4 is 23.6 Å². The van der Waals surface area contributed by atoms with Crippen LogP contribution >= 0.6 is 11.6 Å². The molecule has 34 heavy (non-hydrogen) atoms. The largest absolute Gasteiger partial charge is 0.383 e. The number of rotatable bonds is 8. The van der Waals surface area contributed by atoms with Crippen molar-refractivity contribution < 1.29 is 13.2 Å². The Morgan fingerprint density at radius 1 is 1.29 bits per heavy atom. The third-order valence-corrected chi connectivity index (χ3v) is 5.98. The van der Waals surface area contributed by atoms with Crippen LogP contribution in [0.1, 0.15) is 17.7 Å². The van der Waals surface area contributed by atoms with Gasteiger partial charge in [0.15, 0.2) is 0 Å². The number of aromatic nitrogens is 2. The fraction of sp³-hybridized carbons (Fsp3) is 0.250. The van der Waals surface area contributed by atoms with Gasteiger partial charge in [-0.25, -0.2) is 23.1 Å². The van der Waals surface area contributed by atoms with Gasteiger partial charge in [-0.05, 0) is 43.6 Å². The SMILES string of the molecule is C=C(N=Cc1nc(-c2c(F)cccc2Cl)n(CC2CCNC2)c1N)NCc1ccc(F)cc1F. The Bertz CT molecular complexity index is 1210. The van der Waals surface area contributed by atoms with Crippen LogP contribution in [0.3, 0.4) is 0 Å². The van der Waals surface area contributed by atoms with E-state index >= 15 is 0 Å². The summed E-state index contributed by atoms with van der Waals surface area (Å²) < 4.78 is 43.4. The maximum absolute atomic E-state index is 14.7. The number of anilines is 1. The Kier molecular flexibility index (Phi) is 7.23. The van der Waals surface area contributed by atoms with Gasteiger partial charge in [0.1, 0.15) is 40.6 Å². The lowest BCUT2D eigenvalue weighted by atomic mass is 10.1. The highest BCUT2D eigenvalue weighted by Gasteiger charge is 2.24. The van der Waals surface area contributed by atoms with Gasteiger partial charge in [0.05, 0.1) is 16.8 Å². The lowest BCUT2D eigenvalue weighted by molar-refractivity contribution is 0.487. The maximum Gasteiger partial charge on any atom is 0.146 e. The molecule has 3 aromatic rings. The van der Waals surface area contributed by atoms with E-state index in [1.807, 2.05) is 0 Å². The molecule has 1 aliphatic rings. The van der Waals surface area contributed by atoms with Crippen molar-refractivity contribution in [3.8, 4) is 11.4 Å². The molecule has 10 heteroatoms. The first-order chi connectivity index (χ1) is 16.3. The Hall–Kier alpha value is -3.30. The van der Waals surface area contributed by atoms with Gasteiger partial charge in [-0.1, -0.05) is 30.3 Å². The number of halogens is 4. The van der Waals surface area contributed by atoms with Crippen molar-refractivity contribution in [2.75, 3.05) is 18.8 Å². The van der Waals surface area contributed by atoms with Crippen LogP contribution in [0.2, 0.25) is 5.02 Å². The van der Waals surface area contributed by atoms with Gasteiger partial charge in [0.25, 0.3) is 0 Å². The van der Waals surface area contributed by atoms with Crippen LogP contribution in [0, 0.1) is 23.4 Å². The van der Waals surface area contributed by atoms with Gasteiger partial charge in [0.2, 0.25) is 0 Å². The standard InChI is InChI=1S/C24H24ClF3N6/c1-14(31-11-16-5-6-17(26)9-20(16)28)32-12-21-23(29)34(13-15-7-8-30-10-15)24(33-21)22-18(25)3-2-4-19(22)27/h2-6,9,12,15,30-31H,1,7-8,10-11,13,29H2. The van der Waals surface area contributed by atoms with Crippen molar-refractivity contribution in [2.24, 2.45) is 10.9 Å². The number of nitrogen functional groups attached to an aromatic ring is 1. The van der Waals surface area contributed by atoms with E-state index in [0.717, 1.165) is 25.6 Å². The minimum absolute atomic E-state index is 0.0664. The summed E-state index contributed by atoms with van der Waals surface area (Å²) in [5, 5.41) is 6.39. The van der Waals surface area contributed by atoms with Crippen molar-refractivity contribution in [2.45, 2.75) is 19.5 Å². The third-order valence-electron chi connectivity index (χ3n) is 5.67. The molecule has 6 nitrogen and oxygen atoms in total. The van der Waals surface area contributed by atoms with Gasteiger partial charge < -0.3 is 20.9 Å². The molecule has 178 valence electrons. The van der Waals surface area contributed by atoms with E-state index in [4.69, 9.17) is 17.3 Å². The summed E-state index contributed by atoms with van der Waals surface area (Å²) in [6, 6.07) is 7.78. The third kappa shape index (κ3) is 5.26. The van der Waals surface area contributed by atoms with E-state index in [0.29, 0.717) is 29.8 Å². The molecule has 1 aliphatic heterocycles. The fourth-order valence-corrected chi connectivity index (χ4v) is 4.09. The zero-order valence-corrected chi connectivity index (χ0v) is 19.0. The van der Waals surface area contributed by atoms with E-state index in [1.165, 1.54) is 30.5 Å². The number of aliphatic imine (C=N–C) groups is 1. The Balaban J connectivity index is 1.58. The van der Waals surface area contributed by atoms with Crippen molar-refractivity contribution in [3.05, 3.63) is 82.5 Å². The summed E-state index contributed by atoms with van der Waals surface area (Å²) in [5.41, 5.74) is 7.16. The number of nitrogens with one attached hydrogen (secondary N) is 2. The lowest BCUT2D eigenvalue weighted by Crippen LogP contribution is -2.17. The van der Waals surface area contributed by atoms with Crippen LogP contribution in [0.5, 0.6) is 0 Å². The molecular weight excluding hydrogens is 465 g/mol. The van der Waals surface area contributed by atoms with Gasteiger partial charge in [-0.3, -0.25) is 0 Å². The molecule has 1 aromatic heterocycles. The van der Waals surface area contributed by atoms with Crippen molar-refractivity contribution in [1.29, 1.82) is 0 Å². The zero-order valence-electron chi connectivity index (χ0n) is 18.3. The first-order valence-electron chi connectivity index (χ1n) is 10.8. The highest BCUT2D eigenvalue weighted by molar-refractivity contribution is 6.33. The van der Waals surface area contributed by atoms with Gasteiger partial charge in [0, 0.05) is 24.7 Å². The molecule has 0 amide bonds. The second kappa shape index (κ2) is 10.3. The molecule has 0 radical (unpaired) electrons. The molecule has 1 unspecified atom stereocenters. The Morgan fingerprint density at radius 3 is 2.82 bits per heavy atom. The van der Waals surface area contributed by atoms with E-state index < -0.39 is 17.5 Å². The second-order valence-corrected chi connectivity index (χ2v) is 8.47. The van der Waals surface area contributed by atoms with E-state index in [9.17, 15) is 13.2 Å². The zero-order chi connectivity index (χ0) is 24.2. The smallest absolute Gasteiger partial charge is 0.146 e.